The van der Waals surface area contributed by atoms with E-state index in [0.717, 1.165) is 13.0 Å². The van der Waals surface area contributed by atoms with Crippen LogP contribution in [0.4, 0.5) is 5.95 Å². The van der Waals surface area contributed by atoms with Gasteiger partial charge in [0.15, 0.2) is 0 Å². The van der Waals surface area contributed by atoms with Crippen molar-refractivity contribution in [3.05, 3.63) is 17.4 Å². The minimum absolute atomic E-state index is 0.00402. The van der Waals surface area contributed by atoms with Crippen molar-refractivity contribution in [1.82, 2.24) is 15.0 Å². The van der Waals surface area contributed by atoms with E-state index < -0.39 is 0 Å². The van der Waals surface area contributed by atoms with Crippen molar-refractivity contribution in [3.63, 3.8) is 0 Å². The second-order valence-corrected chi connectivity index (χ2v) is 4.00. The number of rotatable bonds is 6. The predicted octanol–water partition coefficient (Wildman–Crippen LogP) is 2.69. The maximum atomic E-state index is 5.78. The monoisotopic (exact) mass is 256 g/mol. The standard InChI is InChI=1S/C11H17ClN4O/c1-4-5-6-7-13-10-14-9(12)15-11(16-10)17-8(2)3/h4-5,8H,6-7H2,1-3H3,(H,13,14,15,16)/b5-4+. The summed E-state index contributed by atoms with van der Waals surface area (Å²) in [6, 6.07) is 0.244. The minimum Gasteiger partial charge on any atom is -0.461 e. The van der Waals surface area contributed by atoms with Gasteiger partial charge < -0.3 is 10.1 Å². The molecule has 17 heavy (non-hydrogen) atoms. The molecule has 0 amide bonds. The molecule has 6 heteroatoms. The molecule has 1 N–H and O–H groups in total. The number of nitrogens with zero attached hydrogens (tertiary/aromatic N) is 3. The van der Waals surface area contributed by atoms with E-state index in [1.54, 1.807) is 0 Å². The lowest BCUT2D eigenvalue weighted by Crippen LogP contribution is -2.11. The first-order valence-electron chi connectivity index (χ1n) is 5.55. The number of nitrogens with one attached hydrogen (secondary N) is 1. The van der Waals surface area contributed by atoms with Crippen LogP contribution in [0, 0.1) is 0 Å². The Balaban J connectivity index is 2.62. The van der Waals surface area contributed by atoms with Crippen LogP contribution in [0.2, 0.25) is 5.28 Å². The average molecular weight is 257 g/mol. The predicted molar refractivity (Wildman–Crippen MR) is 68.5 cm³/mol. The van der Waals surface area contributed by atoms with Gasteiger partial charge in [-0.15, -0.1) is 0 Å². The molecule has 1 heterocycles. The van der Waals surface area contributed by atoms with Crippen LogP contribution in [-0.2, 0) is 0 Å². The van der Waals surface area contributed by atoms with Crippen molar-refractivity contribution in [2.75, 3.05) is 11.9 Å². The summed E-state index contributed by atoms with van der Waals surface area (Å²) in [4.78, 5) is 12.0. The average Bonchev–Trinajstić information content (AvgIpc) is 2.22. The third-order valence-corrected chi connectivity index (χ3v) is 1.93. The third kappa shape index (κ3) is 5.49. The molecule has 1 aromatic heterocycles. The molecule has 94 valence electrons. The number of hydrogen-bond acceptors (Lipinski definition) is 5. The zero-order valence-corrected chi connectivity index (χ0v) is 11.0. The molecule has 0 aromatic carbocycles. The van der Waals surface area contributed by atoms with E-state index in [4.69, 9.17) is 16.3 Å². The van der Waals surface area contributed by atoms with E-state index in [-0.39, 0.29) is 17.4 Å². The summed E-state index contributed by atoms with van der Waals surface area (Å²) in [6.45, 7) is 6.52. The first-order valence-corrected chi connectivity index (χ1v) is 5.93. The highest BCUT2D eigenvalue weighted by atomic mass is 35.5. The zero-order valence-electron chi connectivity index (χ0n) is 10.3. The summed E-state index contributed by atoms with van der Waals surface area (Å²) in [5.41, 5.74) is 0. The summed E-state index contributed by atoms with van der Waals surface area (Å²) in [7, 11) is 0. The number of ether oxygens (including phenoxy) is 1. The SMILES string of the molecule is C/C=C/CCNc1nc(Cl)nc(OC(C)C)n1. The van der Waals surface area contributed by atoms with Gasteiger partial charge in [0.2, 0.25) is 11.2 Å². The van der Waals surface area contributed by atoms with Gasteiger partial charge in [0.05, 0.1) is 6.10 Å². The molecule has 5 nitrogen and oxygen atoms in total. The molecule has 0 saturated heterocycles. The molecule has 0 fully saturated rings. The second kappa shape index (κ2) is 7.06. The Kier molecular flexibility index (Phi) is 5.69. The van der Waals surface area contributed by atoms with E-state index in [9.17, 15) is 0 Å². The molecule has 0 atom stereocenters. The summed E-state index contributed by atoms with van der Waals surface area (Å²) >= 11 is 5.78. The topological polar surface area (TPSA) is 59.9 Å². The van der Waals surface area contributed by atoms with Crippen molar-refractivity contribution < 1.29 is 4.74 Å². The number of allylic oxidation sites excluding steroid dienone is 1. The fraction of sp³-hybridized carbons (Fsp3) is 0.545. The summed E-state index contributed by atoms with van der Waals surface area (Å²) in [5.74, 6) is 0.435. The van der Waals surface area contributed by atoms with Crippen LogP contribution in [-0.4, -0.2) is 27.6 Å². The Hall–Kier alpha value is -1.36. The van der Waals surface area contributed by atoms with Gasteiger partial charge in [-0.2, -0.15) is 15.0 Å². The van der Waals surface area contributed by atoms with E-state index in [1.807, 2.05) is 26.8 Å². The van der Waals surface area contributed by atoms with Gasteiger partial charge in [0.25, 0.3) is 0 Å². The first-order chi connectivity index (χ1) is 8.11. The molecule has 1 rings (SSSR count). The molecular weight excluding hydrogens is 240 g/mol. The van der Waals surface area contributed by atoms with E-state index in [2.05, 4.69) is 26.3 Å². The Morgan fingerprint density at radius 2 is 2.12 bits per heavy atom. The zero-order chi connectivity index (χ0) is 12.7. The van der Waals surface area contributed by atoms with Gasteiger partial charge >= 0.3 is 6.01 Å². The van der Waals surface area contributed by atoms with Gasteiger partial charge in [0, 0.05) is 6.54 Å². The Morgan fingerprint density at radius 1 is 1.35 bits per heavy atom. The Labute approximate surface area is 106 Å². The van der Waals surface area contributed by atoms with Crippen molar-refractivity contribution >= 4 is 17.5 Å². The lowest BCUT2D eigenvalue weighted by Gasteiger charge is -2.09. The molecule has 0 spiro atoms. The van der Waals surface area contributed by atoms with Crippen LogP contribution in [0.15, 0.2) is 12.2 Å². The number of anilines is 1. The maximum Gasteiger partial charge on any atom is 0.322 e. The first kappa shape index (κ1) is 13.7. The minimum atomic E-state index is 0.00402. The second-order valence-electron chi connectivity index (χ2n) is 3.66. The smallest absolute Gasteiger partial charge is 0.322 e. The summed E-state index contributed by atoms with van der Waals surface area (Å²) < 4.78 is 5.36. The molecule has 0 radical (unpaired) electrons. The van der Waals surface area contributed by atoms with Crippen LogP contribution in [0.3, 0.4) is 0 Å². The molecule has 0 aliphatic rings. The van der Waals surface area contributed by atoms with Gasteiger partial charge in [0.1, 0.15) is 0 Å². The number of aromatic nitrogens is 3. The van der Waals surface area contributed by atoms with Gasteiger partial charge in [-0.1, -0.05) is 12.2 Å². The molecule has 0 bridgehead atoms. The number of halogens is 1. The van der Waals surface area contributed by atoms with Gasteiger partial charge in [-0.05, 0) is 38.8 Å². The van der Waals surface area contributed by atoms with Crippen LogP contribution < -0.4 is 10.1 Å². The van der Waals surface area contributed by atoms with Crippen molar-refractivity contribution in [1.29, 1.82) is 0 Å². The molecule has 1 aromatic rings. The van der Waals surface area contributed by atoms with E-state index >= 15 is 0 Å². The van der Waals surface area contributed by atoms with Gasteiger partial charge in [-0.25, -0.2) is 0 Å². The van der Waals surface area contributed by atoms with Crippen LogP contribution >= 0.6 is 11.6 Å². The summed E-state index contributed by atoms with van der Waals surface area (Å²) in [6.07, 6.45) is 4.96. The van der Waals surface area contributed by atoms with Crippen LogP contribution in [0.1, 0.15) is 27.2 Å². The molecule has 0 saturated carbocycles. The quantitative estimate of drug-likeness (QED) is 0.626. The fourth-order valence-corrected chi connectivity index (χ4v) is 1.26. The normalized spacial score (nSPS) is 11.1. The Bertz CT molecular complexity index is 382. The molecule has 0 unspecified atom stereocenters. The van der Waals surface area contributed by atoms with Crippen molar-refractivity contribution in [2.45, 2.75) is 33.3 Å². The molecular formula is C11H17ClN4O. The van der Waals surface area contributed by atoms with Crippen LogP contribution in [0.25, 0.3) is 0 Å². The van der Waals surface area contributed by atoms with E-state index in [1.165, 1.54) is 0 Å². The highest BCUT2D eigenvalue weighted by Gasteiger charge is 2.06. The maximum absolute atomic E-state index is 5.78. The molecule has 0 aliphatic carbocycles. The van der Waals surface area contributed by atoms with Crippen molar-refractivity contribution in [3.8, 4) is 6.01 Å². The highest BCUT2D eigenvalue weighted by Crippen LogP contribution is 2.12. The van der Waals surface area contributed by atoms with Crippen LogP contribution in [0.5, 0.6) is 6.01 Å². The van der Waals surface area contributed by atoms with Gasteiger partial charge in [-0.3, -0.25) is 0 Å². The lowest BCUT2D eigenvalue weighted by atomic mass is 10.4. The number of hydrogen-bond donors (Lipinski definition) is 1. The lowest BCUT2D eigenvalue weighted by molar-refractivity contribution is 0.222. The third-order valence-electron chi connectivity index (χ3n) is 1.76. The summed E-state index contributed by atoms with van der Waals surface area (Å²) in [5, 5.41) is 3.18. The Morgan fingerprint density at radius 3 is 2.76 bits per heavy atom. The molecule has 0 aliphatic heterocycles. The highest BCUT2D eigenvalue weighted by molar-refractivity contribution is 6.28. The largest absolute Gasteiger partial charge is 0.461 e. The van der Waals surface area contributed by atoms with Crippen molar-refractivity contribution in [2.24, 2.45) is 0 Å². The van der Waals surface area contributed by atoms with E-state index in [0.29, 0.717) is 5.95 Å². The fourth-order valence-electron chi connectivity index (χ4n) is 1.11.